The van der Waals surface area contributed by atoms with Gasteiger partial charge in [-0.25, -0.2) is 4.99 Å². The van der Waals surface area contributed by atoms with Crippen molar-refractivity contribution in [2.75, 3.05) is 19.0 Å². The van der Waals surface area contributed by atoms with Gasteiger partial charge in [0.2, 0.25) is 0 Å². The maximum Gasteiger partial charge on any atom is 0.327 e. The van der Waals surface area contributed by atoms with Crippen LogP contribution in [0.3, 0.4) is 0 Å². The van der Waals surface area contributed by atoms with Crippen molar-refractivity contribution in [1.29, 1.82) is 0 Å². The number of aliphatic imine (C=N–C) groups is 2. The average molecular weight is 402 g/mol. The minimum absolute atomic E-state index is 0.110. The number of thioether (sulfide) groups is 1. The van der Waals surface area contributed by atoms with Crippen LogP contribution in [0, 0.1) is 16.0 Å². The molecule has 0 spiro atoms. The summed E-state index contributed by atoms with van der Waals surface area (Å²) in [6.45, 7) is 0. The van der Waals surface area contributed by atoms with E-state index in [0.717, 1.165) is 23.0 Å². The first kappa shape index (κ1) is 17.6. The highest BCUT2D eigenvalue weighted by Crippen LogP contribution is 2.38. The lowest BCUT2D eigenvalue weighted by molar-refractivity contribution is -0.410. The van der Waals surface area contributed by atoms with Crippen molar-refractivity contribution in [2.24, 2.45) is 15.9 Å². The third kappa shape index (κ3) is 2.98. The molecule has 0 saturated heterocycles. The van der Waals surface area contributed by atoms with Gasteiger partial charge in [0, 0.05) is 31.5 Å². The molecule has 3 aliphatic rings. The van der Waals surface area contributed by atoms with Crippen LogP contribution in [-0.2, 0) is 4.79 Å². The molecular formula is C16H14N6O3S2. The second kappa shape index (κ2) is 6.43. The van der Waals surface area contributed by atoms with Crippen LogP contribution in [0.25, 0.3) is 0 Å². The molecule has 1 aromatic carbocycles. The summed E-state index contributed by atoms with van der Waals surface area (Å²) < 4.78 is 0. The second-order valence-electron chi connectivity index (χ2n) is 6.29. The minimum Gasteiger partial charge on any atom is -0.378 e. The van der Waals surface area contributed by atoms with Gasteiger partial charge in [-0.15, -0.1) is 0 Å². The Labute approximate surface area is 164 Å². The average Bonchev–Trinajstić information content (AvgIpc) is 3.05. The molecule has 3 aliphatic heterocycles. The maximum atomic E-state index is 12.7. The molecule has 2 atom stereocenters. The summed E-state index contributed by atoms with van der Waals surface area (Å²) in [7, 11) is 3.89. The highest BCUT2D eigenvalue weighted by Gasteiger charge is 2.47. The van der Waals surface area contributed by atoms with E-state index in [1.165, 1.54) is 11.1 Å². The molecule has 0 bridgehead atoms. The molecule has 3 heterocycles. The fourth-order valence-corrected chi connectivity index (χ4v) is 4.13. The Morgan fingerprint density at radius 1 is 1.30 bits per heavy atom. The van der Waals surface area contributed by atoms with Gasteiger partial charge in [0.1, 0.15) is 11.8 Å². The Kier molecular flexibility index (Phi) is 4.19. The molecule has 0 aromatic heterocycles. The first-order valence-electron chi connectivity index (χ1n) is 7.97. The molecule has 0 aliphatic carbocycles. The topological polar surface area (TPSA) is 103 Å². The largest absolute Gasteiger partial charge is 0.378 e. The smallest absolute Gasteiger partial charge is 0.327 e. The lowest BCUT2D eigenvalue weighted by atomic mass is 9.89. The maximum absolute atomic E-state index is 12.7. The number of carbonyl (C=O) groups excluding carboxylic acids is 1. The normalized spacial score (nSPS) is 23.6. The molecule has 1 N–H and O–H groups in total. The SMILES string of the molecule is CN(C)c1ccc(C2NC(=S)N=C3C2C(=O)N=C2SC([N+](=O)[O-])=CN23)cc1. The highest BCUT2D eigenvalue weighted by atomic mass is 32.2. The van der Waals surface area contributed by atoms with E-state index in [-0.39, 0.29) is 15.3 Å². The van der Waals surface area contributed by atoms with Crippen LogP contribution in [0.5, 0.6) is 0 Å². The van der Waals surface area contributed by atoms with Crippen LogP contribution in [0.15, 0.2) is 45.5 Å². The van der Waals surface area contributed by atoms with E-state index in [0.29, 0.717) is 5.84 Å². The number of amidine groups is 2. The van der Waals surface area contributed by atoms with E-state index in [2.05, 4.69) is 15.3 Å². The van der Waals surface area contributed by atoms with Gasteiger partial charge in [-0.05, 0) is 29.9 Å². The minimum atomic E-state index is -0.714. The number of anilines is 1. The van der Waals surface area contributed by atoms with Crippen molar-refractivity contribution in [3.8, 4) is 0 Å². The van der Waals surface area contributed by atoms with E-state index in [9.17, 15) is 14.9 Å². The molecule has 11 heteroatoms. The van der Waals surface area contributed by atoms with Crippen LogP contribution in [0.2, 0.25) is 0 Å². The summed E-state index contributed by atoms with van der Waals surface area (Å²) in [4.78, 5) is 35.1. The lowest BCUT2D eigenvalue weighted by Gasteiger charge is -2.36. The molecule has 138 valence electrons. The van der Waals surface area contributed by atoms with Crippen LogP contribution < -0.4 is 10.2 Å². The van der Waals surface area contributed by atoms with Crippen molar-refractivity contribution >= 4 is 51.7 Å². The van der Waals surface area contributed by atoms with Crippen molar-refractivity contribution < 1.29 is 9.72 Å². The summed E-state index contributed by atoms with van der Waals surface area (Å²) in [6.07, 6.45) is 1.34. The van der Waals surface area contributed by atoms with Gasteiger partial charge < -0.3 is 10.2 Å². The second-order valence-corrected chi connectivity index (χ2v) is 7.66. The number of nitrogens with zero attached hydrogens (tertiary/aromatic N) is 5. The number of benzene rings is 1. The van der Waals surface area contributed by atoms with Crippen LogP contribution in [-0.4, -0.2) is 45.9 Å². The van der Waals surface area contributed by atoms with Crippen molar-refractivity contribution in [2.45, 2.75) is 6.04 Å². The molecule has 9 nitrogen and oxygen atoms in total. The number of thiocarbonyl (C=S) groups is 1. The fourth-order valence-electron chi connectivity index (χ4n) is 3.11. The first-order chi connectivity index (χ1) is 12.8. The molecule has 1 aromatic rings. The fraction of sp³-hybridized carbons (Fsp3) is 0.250. The Morgan fingerprint density at radius 2 is 2.00 bits per heavy atom. The first-order valence-corrected chi connectivity index (χ1v) is 9.20. The van der Waals surface area contributed by atoms with Gasteiger partial charge in [-0.1, -0.05) is 12.1 Å². The third-order valence-electron chi connectivity index (χ3n) is 4.42. The van der Waals surface area contributed by atoms with Crippen molar-refractivity contribution in [3.05, 3.63) is 51.2 Å². The highest BCUT2D eigenvalue weighted by molar-refractivity contribution is 8.17. The van der Waals surface area contributed by atoms with Crippen LogP contribution in [0.4, 0.5) is 5.69 Å². The van der Waals surface area contributed by atoms with E-state index in [1.807, 2.05) is 43.3 Å². The number of fused-ring (bicyclic) bond motifs is 3. The number of nitrogens with one attached hydrogen (secondary N) is 1. The van der Waals surface area contributed by atoms with Gasteiger partial charge in [-0.3, -0.25) is 19.8 Å². The van der Waals surface area contributed by atoms with Gasteiger partial charge in [-0.2, -0.15) is 4.99 Å². The predicted octanol–water partition coefficient (Wildman–Crippen LogP) is 1.72. The van der Waals surface area contributed by atoms with Crippen molar-refractivity contribution in [1.82, 2.24) is 10.2 Å². The Hall–Kier alpha value is -2.79. The van der Waals surface area contributed by atoms with Crippen molar-refractivity contribution in [3.63, 3.8) is 0 Å². The molecule has 2 unspecified atom stereocenters. The zero-order chi connectivity index (χ0) is 19.3. The standard InChI is InChI=1S/C16H14N6O3S2/c1-20(2)9-5-3-8(4-6-9)12-11-13(18-15(26)17-12)21-7-10(22(24)25)27-16(21)19-14(11)23/h3-7,11-12H,1-2H3,(H,17,26). The Balaban J connectivity index is 1.74. The third-order valence-corrected chi connectivity index (χ3v) is 5.56. The zero-order valence-electron chi connectivity index (χ0n) is 14.3. The number of carbonyl (C=O) groups is 1. The van der Waals surface area contributed by atoms with Gasteiger partial charge >= 0.3 is 5.03 Å². The quantitative estimate of drug-likeness (QED) is 0.463. The summed E-state index contributed by atoms with van der Waals surface area (Å²) in [5.74, 6) is -0.754. The van der Waals surface area contributed by atoms with Crippen LogP contribution in [0.1, 0.15) is 11.6 Å². The predicted molar refractivity (Wildman–Crippen MR) is 107 cm³/mol. The van der Waals surface area contributed by atoms with E-state index in [1.54, 1.807) is 0 Å². The van der Waals surface area contributed by atoms with Gasteiger partial charge in [0.15, 0.2) is 10.3 Å². The summed E-state index contributed by atoms with van der Waals surface area (Å²) in [5.41, 5.74) is 1.88. The van der Waals surface area contributed by atoms with E-state index >= 15 is 0 Å². The monoisotopic (exact) mass is 402 g/mol. The molecule has 4 rings (SSSR count). The molecule has 0 fully saturated rings. The molecule has 27 heavy (non-hydrogen) atoms. The zero-order valence-corrected chi connectivity index (χ0v) is 16.0. The molecule has 0 radical (unpaired) electrons. The number of rotatable bonds is 3. The summed E-state index contributed by atoms with van der Waals surface area (Å²) in [5, 5.41) is 14.5. The number of hydrogen-bond acceptors (Lipinski definition) is 7. The van der Waals surface area contributed by atoms with E-state index in [4.69, 9.17) is 12.2 Å². The summed E-state index contributed by atoms with van der Waals surface area (Å²) in [6, 6.07) is 7.29. The van der Waals surface area contributed by atoms with Gasteiger partial charge in [0.25, 0.3) is 5.91 Å². The molecular weight excluding hydrogens is 388 g/mol. The van der Waals surface area contributed by atoms with Gasteiger partial charge in [0.05, 0.1) is 17.2 Å². The summed E-state index contributed by atoms with van der Waals surface area (Å²) >= 11 is 6.08. The van der Waals surface area contributed by atoms with Crippen LogP contribution >= 0.6 is 24.0 Å². The number of nitro groups is 1. The Bertz CT molecular complexity index is 953. The van der Waals surface area contributed by atoms with E-state index < -0.39 is 22.8 Å². The number of amides is 1. The number of hydrogen-bond donors (Lipinski definition) is 1. The lowest BCUT2D eigenvalue weighted by Crippen LogP contribution is -2.52. The molecule has 1 amide bonds. The molecule has 0 saturated carbocycles. The Morgan fingerprint density at radius 3 is 2.63 bits per heavy atom.